The third-order valence-corrected chi connectivity index (χ3v) is 6.82. The van der Waals surface area contributed by atoms with Crippen molar-refractivity contribution in [3.8, 4) is 0 Å². The van der Waals surface area contributed by atoms with E-state index in [1.165, 1.54) is 0 Å². The third-order valence-electron chi connectivity index (χ3n) is 2.98. The molecule has 100 valence electrons. The number of sulfonamides is 1. The van der Waals surface area contributed by atoms with E-state index >= 15 is 0 Å². The first-order valence-corrected chi connectivity index (χ1v) is 8.58. The summed E-state index contributed by atoms with van der Waals surface area (Å²) in [5.41, 5.74) is 5.51. The summed E-state index contributed by atoms with van der Waals surface area (Å²) in [5.74, 6) is 0. The fourth-order valence-electron chi connectivity index (χ4n) is 2.00. The molecule has 2 N–H and O–H groups in total. The number of thiocarbonyl (C=S) groups is 1. The van der Waals surface area contributed by atoms with E-state index in [0.717, 1.165) is 37.0 Å². The molecule has 1 aliphatic rings. The zero-order chi connectivity index (χ0) is 13.2. The summed E-state index contributed by atoms with van der Waals surface area (Å²) < 4.78 is 26.8. The molecule has 1 aromatic rings. The van der Waals surface area contributed by atoms with Gasteiger partial charge in [0.25, 0.3) is 10.0 Å². The second kappa shape index (κ2) is 5.64. The summed E-state index contributed by atoms with van der Waals surface area (Å²) in [6, 6.07) is 3.27. The largest absolute Gasteiger partial charge is 0.389 e. The molecule has 2 heterocycles. The van der Waals surface area contributed by atoms with Crippen LogP contribution in [-0.4, -0.2) is 30.8 Å². The summed E-state index contributed by atoms with van der Waals surface area (Å²) in [6.07, 6.45) is 4.09. The summed E-state index contributed by atoms with van der Waals surface area (Å²) in [5, 5.41) is 0. The topological polar surface area (TPSA) is 63.4 Å². The van der Waals surface area contributed by atoms with E-state index in [2.05, 4.69) is 0 Å². The number of nitrogens with zero attached hydrogens (tertiary/aromatic N) is 1. The van der Waals surface area contributed by atoms with E-state index in [1.54, 1.807) is 16.4 Å². The highest BCUT2D eigenvalue weighted by Crippen LogP contribution is 2.26. The minimum absolute atomic E-state index is 0.248. The quantitative estimate of drug-likeness (QED) is 0.867. The Bertz CT molecular complexity index is 528. The Labute approximate surface area is 117 Å². The maximum atomic E-state index is 12.4. The van der Waals surface area contributed by atoms with Crippen LogP contribution in [0.15, 0.2) is 16.3 Å². The van der Waals surface area contributed by atoms with Crippen LogP contribution in [0.3, 0.4) is 0 Å². The predicted octanol–water partition coefficient (Wildman–Crippen LogP) is 1.95. The van der Waals surface area contributed by atoms with Gasteiger partial charge >= 0.3 is 0 Å². The Hall–Kier alpha value is -0.500. The smallest absolute Gasteiger partial charge is 0.252 e. The second-order valence-electron chi connectivity index (χ2n) is 4.30. The van der Waals surface area contributed by atoms with Crippen LogP contribution in [0.4, 0.5) is 0 Å². The van der Waals surface area contributed by atoms with Gasteiger partial charge in [0.05, 0.1) is 4.88 Å². The molecule has 4 nitrogen and oxygen atoms in total. The second-order valence-corrected chi connectivity index (χ2v) is 7.99. The maximum absolute atomic E-state index is 12.4. The number of hydrogen-bond acceptors (Lipinski definition) is 4. The minimum Gasteiger partial charge on any atom is -0.389 e. The molecule has 0 spiro atoms. The average molecular weight is 304 g/mol. The van der Waals surface area contributed by atoms with E-state index in [0.29, 0.717) is 22.2 Å². The summed E-state index contributed by atoms with van der Waals surface area (Å²) in [7, 11) is -3.36. The molecule has 0 saturated carbocycles. The van der Waals surface area contributed by atoms with Crippen LogP contribution in [0, 0.1) is 0 Å². The Kier molecular flexibility index (Phi) is 4.37. The Morgan fingerprint density at radius 2 is 1.83 bits per heavy atom. The Balaban J connectivity index is 2.25. The van der Waals surface area contributed by atoms with Crippen LogP contribution in [0.5, 0.6) is 0 Å². The van der Waals surface area contributed by atoms with Crippen molar-refractivity contribution in [2.75, 3.05) is 13.1 Å². The molecule has 0 amide bonds. The van der Waals surface area contributed by atoms with Crippen molar-refractivity contribution in [3.63, 3.8) is 0 Å². The molecule has 0 unspecified atom stereocenters. The van der Waals surface area contributed by atoms with Gasteiger partial charge in [-0.25, -0.2) is 8.42 Å². The van der Waals surface area contributed by atoms with E-state index in [9.17, 15) is 8.42 Å². The number of nitrogens with two attached hydrogens (primary N) is 1. The summed E-state index contributed by atoms with van der Waals surface area (Å²) in [4.78, 5) is 0.899. The highest BCUT2D eigenvalue weighted by molar-refractivity contribution is 7.91. The molecular weight excluding hydrogens is 288 g/mol. The average Bonchev–Trinajstić information content (AvgIpc) is 2.66. The lowest BCUT2D eigenvalue weighted by atomic mass is 10.2. The summed E-state index contributed by atoms with van der Waals surface area (Å²) >= 11 is 6.01. The molecule has 0 bridgehead atoms. The number of rotatable bonds is 3. The molecule has 2 rings (SSSR count). The van der Waals surface area contributed by atoms with Crippen molar-refractivity contribution >= 4 is 38.6 Å². The first-order valence-electron chi connectivity index (χ1n) is 5.91. The predicted molar refractivity (Wildman–Crippen MR) is 77.4 cm³/mol. The number of hydrogen-bond donors (Lipinski definition) is 1. The number of thiophene rings is 1. The molecule has 1 aromatic heterocycles. The Morgan fingerprint density at radius 3 is 2.33 bits per heavy atom. The van der Waals surface area contributed by atoms with Crippen molar-refractivity contribution in [3.05, 3.63) is 17.0 Å². The zero-order valence-corrected chi connectivity index (χ0v) is 12.4. The SMILES string of the molecule is NC(=S)c1ccc(S(=O)(=O)N2CCCCCC2)s1. The first-order chi connectivity index (χ1) is 8.51. The van der Waals surface area contributed by atoms with E-state index in [4.69, 9.17) is 18.0 Å². The minimum atomic E-state index is -3.36. The zero-order valence-electron chi connectivity index (χ0n) is 9.96. The van der Waals surface area contributed by atoms with Crippen LogP contribution in [0.25, 0.3) is 0 Å². The highest BCUT2D eigenvalue weighted by atomic mass is 32.2. The standard InChI is InChI=1S/C11H16N2O2S3/c12-11(16)9-5-6-10(17-9)18(14,15)13-7-3-1-2-4-8-13/h5-6H,1-4,7-8H2,(H2,12,16). The molecular formula is C11H16N2O2S3. The van der Waals surface area contributed by atoms with Crippen LogP contribution in [-0.2, 0) is 10.0 Å². The summed E-state index contributed by atoms with van der Waals surface area (Å²) in [6.45, 7) is 1.23. The third kappa shape index (κ3) is 2.90. The molecule has 1 fully saturated rings. The molecule has 0 atom stereocenters. The van der Waals surface area contributed by atoms with Crippen LogP contribution in [0.2, 0.25) is 0 Å². The normalized spacial score (nSPS) is 18.4. The molecule has 0 aromatic carbocycles. The molecule has 0 aliphatic carbocycles. The molecule has 1 aliphatic heterocycles. The van der Waals surface area contributed by atoms with Gasteiger partial charge in [-0.05, 0) is 25.0 Å². The van der Waals surface area contributed by atoms with Crippen molar-refractivity contribution in [2.24, 2.45) is 5.73 Å². The molecule has 18 heavy (non-hydrogen) atoms. The Morgan fingerprint density at radius 1 is 1.22 bits per heavy atom. The lowest BCUT2D eigenvalue weighted by Crippen LogP contribution is -2.31. The van der Waals surface area contributed by atoms with Gasteiger partial charge in [-0.3, -0.25) is 0 Å². The van der Waals surface area contributed by atoms with Gasteiger partial charge in [-0.15, -0.1) is 11.3 Å². The lowest BCUT2D eigenvalue weighted by Gasteiger charge is -2.18. The van der Waals surface area contributed by atoms with Crippen molar-refractivity contribution in [2.45, 2.75) is 29.9 Å². The van der Waals surface area contributed by atoms with Crippen LogP contribution in [0.1, 0.15) is 30.6 Å². The lowest BCUT2D eigenvalue weighted by molar-refractivity contribution is 0.425. The molecule has 1 saturated heterocycles. The van der Waals surface area contributed by atoms with Gasteiger partial charge in [0.1, 0.15) is 9.20 Å². The van der Waals surface area contributed by atoms with Gasteiger partial charge in [0, 0.05) is 13.1 Å². The fraction of sp³-hybridized carbons (Fsp3) is 0.545. The van der Waals surface area contributed by atoms with Crippen molar-refractivity contribution < 1.29 is 8.42 Å². The molecule has 7 heteroatoms. The van der Waals surface area contributed by atoms with Crippen molar-refractivity contribution in [1.29, 1.82) is 0 Å². The van der Waals surface area contributed by atoms with Crippen LogP contribution < -0.4 is 5.73 Å². The highest BCUT2D eigenvalue weighted by Gasteiger charge is 2.26. The van der Waals surface area contributed by atoms with Crippen molar-refractivity contribution in [1.82, 2.24) is 4.31 Å². The first kappa shape index (κ1) is 13.9. The molecule has 0 radical (unpaired) electrons. The van der Waals surface area contributed by atoms with Gasteiger partial charge in [-0.2, -0.15) is 4.31 Å². The monoisotopic (exact) mass is 304 g/mol. The van der Waals surface area contributed by atoms with Gasteiger partial charge in [-0.1, -0.05) is 25.1 Å². The maximum Gasteiger partial charge on any atom is 0.252 e. The van der Waals surface area contributed by atoms with E-state index < -0.39 is 10.0 Å². The fourth-order valence-corrected chi connectivity index (χ4v) is 5.02. The van der Waals surface area contributed by atoms with E-state index in [-0.39, 0.29) is 4.99 Å². The van der Waals surface area contributed by atoms with Gasteiger partial charge < -0.3 is 5.73 Å². The van der Waals surface area contributed by atoms with Gasteiger partial charge in [0.2, 0.25) is 0 Å². The van der Waals surface area contributed by atoms with Gasteiger partial charge in [0.15, 0.2) is 0 Å². The van der Waals surface area contributed by atoms with E-state index in [1.807, 2.05) is 0 Å². The van der Waals surface area contributed by atoms with Crippen LogP contribution >= 0.6 is 23.6 Å².